The second-order valence-electron chi connectivity index (χ2n) is 6.38. The maximum absolute atomic E-state index is 12.8. The van der Waals surface area contributed by atoms with E-state index in [1.165, 1.54) is 0 Å². The molecule has 3 N–H and O–H groups in total. The minimum Gasteiger partial charge on any atom is -0.361 e. The Hall–Kier alpha value is -3.28. The number of anilines is 2. The Balaban J connectivity index is 1.48. The SMILES string of the molecule is O=C(Nc1cccc2[nH]ccc12)[C@H]1CCCN1C(=O)Nc1ccccc1. The summed E-state index contributed by atoms with van der Waals surface area (Å²) < 4.78 is 0. The van der Waals surface area contributed by atoms with Gasteiger partial charge in [0.05, 0.1) is 5.69 Å². The van der Waals surface area contributed by atoms with Gasteiger partial charge in [0.2, 0.25) is 5.91 Å². The van der Waals surface area contributed by atoms with E-state index in [2.05, 4.69) is 15.6 Å². The van der Waals surface area contributed by atoms with E-state index in [1.54, 1.807) is 4.90 Å². The number of hydrogen-bond donors (Lipinski definition) is 3. The van der Waals surface area contributed by atoms with Crippen molar-refractivity contribution < 1.29 is 9.59 Å². The summed E-state index contributed by atoms with van der Waals surface area (Å²) in [6, 6.07) is 16.2. The van der Waals surface area contributed by atoms with Crippen LogP contribution >= 0.6 is 0 Å². The lowest BCUT2D eigenvalue weighted by Crippen LogP contribution is -2.45. The Morgan fingerprint density at radius 1 is 1.00 bits per heavy atom. The van der Waals surface area contributed by atoms with Crippen LogP contribution in [0.4, 0.5) is 16.2 Å². The highest BCUT2D eigenvalue weighted by Crippen LogP contribution is 2.25. The van der Waals surface area contributed by atoms with Crippen LogP contribution in [0.15, 0.2) is 60.8 Å². The summed E-state index contributed by atoms with van der Waals surface area (Å²) in [5.41, 5.74) is 2.44. The number of hydrogen-bond acceptors (Lipinski definition) is 2. The number of nitrogens with one attached hydrogen (secondary N) is 3. The van der Waals surface area contributed by atoms with Crippen LogP contribution in [0.5, 0.6) is 0 Å². The summed E-state index contributed by atoms with van der Waals surface area (Å²) in [4.78, 5) is 30.1. The van der Waals surface area contributed by atoms with E-state index in [0.29, 0.717) is 13.0 Å². The third-order valence-electron chi connectivity index (χ3n) is 4.69. The molecule has 1 fully saturated rings. The van der Waals surface area contributed by atoms with E-state index in [-0.39, 0.29) is 11.9 Å². The molecule has 3 aromatic rings. The molecule has 2 aromatic carbocycles. The van der Waals surface area contributed by atoms with E-state index in [1.807, 2.05) is 60.8 Å². The number of H-pyrrole nitrogens is 1. The van der Waals surface area contributed by atoms with Crippen molar-refractivity contribution in [3.8, 4) is 0 Å². The molecule has 0 saturated carbocycles. The first-order chi connectivity index (χ1) is 12.7. The van der Waals surface area contributed by atoms with E-state index < -0.39 is 6.04 Å². The highest BCUT2D eigenvalue weighted by molar-refractivity contribution is 6.04. The number of benzene rings is 2. The first-order valence-corrected chi connectivity index (χ1v) is 8.72. The fraction of sp³-hybridized carbons (Fsp3) is 0.200. The van der Waals surface area contributed by atoms with Crippen LogP contribution in [-0.4, -0.2) is 34.4 Å². The second kappa shape index (κ2) is 6.92. The third-order valence-corrected chi connectivity index (χ3v) is 4.69. The molecular formula is C20H20N4O2. The molecule has 4 rings (SSSR count). The third kappa shape index (κ3) is 3.13. The van der Waals surface area contributed by atoms with E-state index in [4.69, 9.17) is 0 Å². The lowest BCUT2D eigenvalue weighted by atomic mass is 10.1. The Labute approximate surface area is 151 Å². The van der Waals surface area contributed by atoms with Gasteiger partial charge in [-0.05, 0) is 43.2 Å². The fourth-order valence-corrected chi connectivity index (χ4v) is 3.41. The van der Waals surface area contributed by atoms with Gasteiger partial charge in [-0.2, -0.15) is 0 Å². The number of likely N-dealkylation sites (tertiary alicyclic amines) is 1. The van der Waals surface area contributed by atoms with Crippen molar-refractivity contribution in [1.82, 2.24) is 9.88 Å². The van der Waals surface area contributed by atoms with Gasteiger partial charge >= 0.3 is 6.03 Å². The van der Waals surface area contributed by atoms with Crippen molar-refractivity contribution in [3.05, 3.63) is 60.8 Å². The molecule has 132 valence electrons. The van der Waals surface area contributed by atoms with Gasteiger partial charge in [-0.25, -0.2) is 4.79 Å². The maximum atomic E-state index is 12.8. The normalized spacial score (nSPS) is 16.6. The van der Waals surface area contributed by atoms with Crippen LogP contribution in [0, 0.1) is 0 Å². The zero-order valence-electron chi connectivity index (χ0n) is 14.2. The molecule has 1 atom stereocenters. The molecule has 6 nitrogen and oxygen atoms in total. The molecular weight excluding hydrogens is 328 g/mol. The number of amides is 3. The fourth-order valence-electron chi connectivity index (χ4n) is 3.41. The molecule has 0 aliphatic carbocycles. The summed E-state index contributed by atoms with van der Waals surface area (Å²) in [5, 5.41) is 6.80. The van der Waals surface area contributed by atoms with E-state index >= 15 is 0 Å². The smallest absolute Gasteiger partial charge is 0.322 e. The average molecular weight is 348 g/mol. The number of aromatic nitrogens is 1. The van der Waals surface area contributed by atoms with Crippen molar-refractivity contribution in [1.29, 1.82) is 0 Å². The number of nitrogens with zero attached hydrogens (tertiary/aromatic N) is 1. The molecule has 2 heterocycles. The molecule has 1 saturated heterocycles. The molecule has 0 unspecified atom stereocenters. The Bertz CT molecular complexity index is 935. The molecule has 1 aliphatic rings. The number of para-hydroxylation sites is 1. The van der Waals surface area contributed by atoms with Crippen molar-refractivity contribution in [2.24, 2.45) is 0 Å². The number of urea groups is 1. The van der Waals surface area contributed by atoms with Crippen molar-refractivity contribution in [3.63, 3.8) is 0 Å². The zero-order chi connectivity index (χ0) is 17.9. The largest absolute Gasteiger partial charge is 0.361 e. The van der Waals surface area contributed by atoms with Crippen molar-refractivity contribution in [2.75, 3.05) is 17.2 Å². The summed E-state index contributed by atoms with van der Waals surface area (Å²) in [7, 11) is 0. The summed E-state index contributed by atoms with van der Waals surface area (Å²) in [6.07, 6.45) is 3.32. The molecule has 0 radical (unpaired) electrons. The van der Waals surface area contributed by atoms with E-state index in [9.17, 15) is 9.59 Å². The Morgan fingerprint density at radius 3 is 2.69 bits per heavy atom. The molecule has 26 heavy (non-hydrogen) atoms. The predicted molar refractivity (Wildman–Crippen MR) is 102 cm³/mol. The van der Waals surface area contributed by atoms with Crippen molar-refractivity contribution >= 4 is 34.2 Å². The zero-order valence-corrected chi connectivity index (χ0v) is 14.2. The summed E-state index contributed by atoms with van der Waals surface area (Å²) in [6.45, 7) is 0.575. The standard InChI is InChI=1S/C20H20N4O2/c25-19(23-17-9-4-8-16-15(17)11-12-21-16)18-10-5-13-24(18)20(26)22-14-6-2-1-3-7-14/h1-4,6-9,11-12,18,21H,5,10,13H2,(H,22,26)(H,23,25)/t18-/m1/s1. The van der Waals surface area contributed by atoms with Crippen LogP contribution < -0.4 is 10.6 Å². The second-order valence-corrected chi connectivity index (χ2v) is 6.38. The summed E-state index contributed by atoms with van der Waals surface area (Å²) >= 11 is 0. The van der Waals surface area contributed by atoms with Crippen LogP contribution in [0.2, 0.25) is 0 Å². The Kier molecular flexibility index (Phi) is 4.31. The number of aromatic amines is 1. The van der Waals surface area contributed by atoms with E-state index in [0.717, 1.165) is 28.7 Å². The summed E-state index contributed by atoms with van der Waals surface area (Å²) in [5.74, 6) is -0.153. The van der Waals surface area contributed by atoms with Gasteiger partial charge < -0.3 is 20.5 Å². The number of rotatable bonds is 3. The maximum Gasteiger partial charge on any atom is 0.322 e. The van der Waals surface area contributed by atoms with Crippen LogP contribution in [-0.2, 0) is 4.79 Å². The minimum atomic E-state index is -0.465. The number of fused-ring (bicyclic) bond motifs is 1. The van der Waals surface area contributed by atoms with Crippen molar-refractivity contribution in [2.45, 2.75) is 18.9 Å². The van der Waals surface area contributed by atoms with Gasteiger partial charge in [-0.15, -0.1) is 0 Å². The molecule has 1 aromatic heterocycles. The molecule has 0 bridgehead atoms. The highest BCUT2D eigenvalue weighted by Gasteiger charge is 2.34. The van der Waals surface area contributed by atoms with Gasteiger partial charge in [0, 0.05) is 29.3 Å². The minimum absolute atomic E-state index is 0.153. The molecule has 1 aliphatic heterocycles. The van der Waals surface area contributed by atoms with Gasteiger partial charge in [0.25, 0.3) is 0 Å². The number of carbonyl (C=O) groups excluding carboxylic acids is 2. The van der Waals surface area contributed by atoms with Gasteiger partial charge in [0.15, 0.2) is 0 Å². The lowest BCUT2D eigenvalue weighted by molar-refractivity contribution is -0.119. The highest BCUT2D eigenvalue weighted by atomic mass is 16.2. The quantitative estimate of drug-likeness (QED) is 0.673. The molecule has 3 amide bonds. The van der Waals surface area contributed by atoms with Gasteiger partial charge in [0.1, 0.15) is 6.04 Å². The first-order valence-electron chi connectivity index (χ1n) is 8.72. The number of carbonyl (C=O) groups is 2. The monoisotopic (exact) mass is 348 g/mol. The molecule has 6 heteroatoms. The van der Waals surface area contributed by atoms with Gasteiger partial charge in [-0.1, -0.05) is 24.3 Å². The average Bonchev–Trinajstić information content (AvgIpc) is 3.32. The topological polar surface area (TPSA) is 77.2 Å². The van der Waals surface area contributed by atoms with Crippen LogP contribution in [0.25, 0.3) is 10.9 Å². The van der Waals surface area contributed by atoms with Crippen LogP contribution in [0.3, 0.4) is 0 Å². The Morgan fingerprint density at radius 2 is 1.85 bits per heavy atom. The van der Waals surface area contributed by atoms with Crippen LogP contribution in [0.1, 0.15) is 12.8 Å². The lowest BCUT2D eigenvalue weighted by Gasteiger charge is -2.24. The predicted octanol–water partition coefficient (Wildman–Crippen LogP) is 3.80. The first kappa shape index (κ1) is 16.2. The van der Waals surface area contributed by atoms with Gasteiger partial charge in [-0.3, -0.25) is 4.79 Å². The molecule has 0 spiro atoms.